The summed E-state index contributed by atoms with van der Waals surface area (Å²) in [6.45, 7) is 1.44. The van der Waals surface area contributed by atoms with Crippen molar-refractivity contribution >= 4 is 28.6 Å². The van der Waals surface area contributed by atoms with Crippen molar-refractivity contribution in [3.63, 3.8) is 0 Å². The average Bonchev–Trinajstić information content (AvgIpc) is 3.16. The van der Waals surface area contributed by atoms with E-state index >= 15 is 0 Å². The number of likely N-dealkylation sites (tertiary alicyclic amines) is 1. The number of nitrogens with zero attached hydrogens (tertiary/aromatic N) is 5. The number of anilines is 2. The number of carbonyl (C=O) groups is 1. The van der Waals surface area contributed by atoms with E-state index in [9.17, 15) is 4.79 Å². The van der Waals surface area contributed by atoms with E-state index in [1.54, 1.807) is 18.5 Å². The fraction of sp³-hybridized carbons (Fsp3) is 0.250. The Bertz CT molecular complexity index is 1220. The van der Waals surface area contributed by atoms with Gasteiger partial charge in [0.25, 0.3) is 5.91 Å². The van der Waals surface area contributed by atoms with Crippen molar-refractivity contribution in [3.8, 4) is 0 Å². The maximum atomic E-state index is 13.3. The predicted molar refractivity (Wildman–Crippen MR) is 120 cm³/mol. The molecule has 1 fully saturated rings. The molecule has 1 aliphatic rings. The molecule has 0 unspecified atom stereocenters. The van der Waals surface area contributed by atoms with Crippen LogP contribution in [0.3, 0.4) is 0 Å². The molecule has 1 saturated heterocycles. The van der Waals surface area contributed by atoms with Gasteiger partial charge in [0.05, 0.1) is 11.0 Å². The van der Waals surface area contributed by atoms with Crippen LogP contribution < -0.4 is 5.32 Å². The van der Waals surface area contributed by atoms with Gasteiger partial charge in [0, 0.05) is 49.7 Å². The van der Waals surface area contributed by atoms with Gasteiger partial charge in [-0.15, -0.1) is 0 Å². The smallest absolute Gasteiger partial charge is 0.253 e. The lowest BCUT2D eigenvalue weighted by molar-refractivity contribution is 0.0704. The molecule has 0 saturated carbocycles. The van der Waals surface area contributed by atoms with Gasteiger partial charge in [-0.3, -0.25) is 4.79 Å². The van der Waals surface area contributed by atoms with E-state index in [0.29, 0.717) is 18.1 Å². The van der Waals surface area contributed by atoms with E-state index in [2.05, 4.69) is 33.0 Å². The van der Waals surface area contributed by atoms with Crippen molar-refractivity contribution in [1.29, 1.82) is 0 Å². The first kappa shape index (κ1) is 19.2. The minimum absolute atomic E-state index is 0.0427. The van der Waals surface area contributed by atoms with Crippen LogP contribution >= 0.6 is 0 Å². The van der Waals surface area contributed by atoms with Crippen molar-refractivity contribution in [1.82, 2.24) is 24.4 Å². The van der Waals surface area contributed by atoms with Gasteiger partial charge >= 0.3 is 0 Å². The number of hydrogen-bond donors (Lipinski definition) is 1. The Labute approximate surface area is 180 Å². The highest BCUT2D eigenvalue weighted by Crippen LogP contribution is 2.29. The number of para-hydroxylation sites is 2. The molecule has 7 heteroatoms. The van der Waals surface area contributed by atoms with Gasteiger partial charge in [0.2, 0.25) is 5.95 Å². The van der Waals surface area contributed by atoms with Crippen LogP contribution in [0.2, 0.25) is 0 Å². The van der Waals surface area contributed by atoms with Gasteiger partial charge in [-0.05, 0) is 49.2 Å². The van der Waals surface area contributed by atoms with Gasteiger partial charge in [-0.2, -0.15) is 0 Å². The molecule has 1 aliphatic heterocycles. The lowest BCUT2D eigenvalue weighted by Crippen LogP contribution is -2.39. The summed E-state index contributed by atoms with van der Waals surface area (Å²) in [5, 5.41) is 3.15. The van der Waals surface area contributed by atoms with E-state index in [1.807, 2.05) is 47.4 Å². The van der Waals surface area contributed by atoms with Crippen LogP contribution in [0.15, 0.2) is 67.0 Å². The Hall–Kier alpha value is -3.74. The standard InChI is InChI=1S/C24H24N6O/c1-29-21-11-3-2-10-20(21)28-22(29)18-8-5-14-30(16-18)23(31)17-7-4-9-19(15-17)27-24-25-12-6-13-26-24/h2-4,6-7,9-13,15,18H,5,8,14,16H2,1H3,(H,25,26,27)/t18-/m1/s1. The molecule has 3 heterocycles. The zero-order chi connectivity index (χ0) is 21.2. The molecule has 0 aliphatic carbocycles. The maximum absolute atomic E-state index is 13.3. The average molecular weight is 412 g/mol. The molecule has 31 heavy (non-hydrogen) atoms. The number of benzene rings is 2. The minimum Gasteiger partial charge on any atom is -0.338 e. The summed E-state index contributed by atoms with van der Waals surface area (Å²) in [6, 6.07) is 17.4. The molecule has 0 spiro atoms. The Balaban J connectivity index is 1.35. The summed E-state index contributed by atoms with van der Waals surface area (Å²) >= 11 is 0. The zero-order valence-corrected chi connectivity index (χ0v) is 17.4. The van der Waals surface area contributed by atoms with E-state index in [1.165, 1.54) is 0 Å². The molecule has 1 atom stereocenters. The number of piperidine rings is 1. The molecule has 156 valence electrons. The van der Waals surface area contributed by atoms with Gasteiger partial charge in [0.15, 0.2) is 0 Å². The number of hydrogen-bond acceptors (Lipinski definition) is 5. The van der Waals surface area contributed by atoms with Crippen molar-refractivity contribution in [2.75, 3.05) is 18.4 Å². The second-order valence-corrected chi connectivity index (χ2v) is 7.89. The fourth-order valence-corrected chi connectivity index (χ4v) is 4.31. The first-order valence-electron chi connectivity index (χ1n) is 10.5. The number of aryl methyl sites for hydroxylation is 1. The fourth-order valence-electron chi connectivity index (χ4n) is 4.31. The van der Waals surface area contributed by atoms with Crippen molar-refractivity contribution in [2.45, 2.75) is 18.8 Å². The number of amides is 1. The summed E-state index contributed by atoms with van der Waals surface area (Å²) in [6.07, 6.45) is 5.36. The lowest BCUT2D eigenvalue weighted by atomic mass is 9.96. The highest BCUT2D eigenvalue weighted by atomic mass is 16.2. The number of rotatable bonds is 4. The first-order chi connectivity index (χ1) is 15.2. The summed E-state index contributed by atoms with van der Waals surface area (Å²) in [5.41, 5.74) is 3.58. The summed E-state index contributed by atoms with van der Waals surface area (Å²) in [4.78, 5) is 28.5. The highest BCUT2D eigenvalue weighted by molar-refractivity contribution is 5.95. The Kier molecular flexibility index (Phi) is 5.08. The Morgan fingerprint density at radius 1 is 1.06 bits per heavy atom. The largest absolute Gasteiger partial charge is 0.338 e. The lowest BCUT2D eigenvalue weighted by Gasteiger charge is -2.32. The van der Waals surface area contributed by atoms with Crippen molar-refractivity contribution in [2.24, 2.45) is 7.05 Å². The SMILES string of the molecule is Cn1c([C@@H]2CCCN(C(=O)c3cccc(Nc4ncccn4)c3)C2)nc2ccccc21. The number of nitrogens with one attached hydrogen (secondary N) is 1. The van der Waals surface area contributed by atoms with Crippen LogP contribution in [0, 0.1) is 0 Å². The molecule has 1 amide bonds. The molecule has 4 aromatic rings. The molecular formula is C24H24N6O. The van der Waals surface area contributed by atoms with Crippen LogP contribution in [0.5, 0.6) is 0 Å². The van der Waals surface area contributed by atoms with Gasteiger partial charge in [-0.1, -0.05) is 18.2 Å². The van der Waals surface area contributed by atoms with Crippen molar-refractivity contribution in [3.05, 3.63) is 78.4 Å². The van der Waals surface area contributed by atoms with Crippen LogP contribution in [-0.2, 0) is 7.05 Å². The van der Waals surface area contributed by atoms with Gasteiger partial charge < -0.3 is 14.8 Å². The third-order valence-corrected chi connectivity index (χ3v) is 5.83. The summed E-state index contributed by atoms with van der Waals surface area (Å²) in [5.74, 6) is 1.83. The van der Waals surface area contributed by atoms with Crippen LogP contribution in [0.4, 0.5) is 11.6 Å². The van der Waals surface area contributed by atoms with Crippen LogP contribution in [0.1, 0.15) is 34.9 Å². The molecule has 0 bridgehead atoms. The molecule has 0 radical (unpaired) electrons. The second-order valence-electron chi connectivity index (χ2n) is 7.89. The number of imidazole rings is 1. The Morgan fingerprint density at radius 2 is 1.90 bits per heavy atom. The van der Waals surface area contributed by atoms with E-state index < -0.39 is 0 Å². The van der Waals surface area contributed by atoms with E-state index in [-0.39, 0.29) is 11.8 Å². The zero-order valence-electron chi connectivity index (χ0n) is 17.4. The monoisotopic (exact) mass is 412 g/mol. The topological polar surface area (TPSA) is 75.9 Å². The van der Waals surface area contributed by atoms with Gasteiger partial charge in [0.1, 0.15) is 5.82 Å². The number of carbonyl (C=O) groups excluding carboxylic acids is 1. The van der Waals surface area contributed by atoms with E-state index in [0.717, 1.165) is 41.9 Å². The van der Waals surface area contributed by atoms with Crippen LogP contribution in [0.25, 0.3) is 11.0 Å². The highest BCUT2D eigenvalue weighted by Gasteiger charge is 2.28. The third-order valence-electron chi connectivity index (χ3n) is 5.83. The maximum Gasteiger partial charge on any atom is 0.253 e. The van der Waals surface area contributed by atoms with Gasteiger partial charge in [-0.25, -0.2) is 15.0 Å². The normalized spacial score (nSPS) is 16.4. The molecule has 2 aromatic heterocycles. The molecule has 5 rings (SSSR count). The van der Waals surface area contributed by atoms with Crippen molar-refractivity contribution < 1.29 is 4.79 Å². The number of fused-ring (bicyclic) bond motifs is 1. The quantitative estimate of drug-likeness (QED) is 0.546. The first-order valence-corrected chi connectivity index (χ1v) is 10.5. The summed E-state index contributed by atoms with van der Waals surface area (Å²) in [7, 11) is 2.06. The molecular weight excluding hydrogens is 388 g/mol. The Morgan fingerprint density at radius 3 is 2.74 bits per heavy atom. The second kappa shape index (κ2) is 8.18. The third kappa shape index (κ3) is 3.86. The summed E-state index contributed by atoms with van der Waals surface area (Å²) < 4.78 is 2.17. The molecule has 7 nitrogen and oxygen atoms in total. The van der Waals surface area contributed by atoms with E-state index in [4.69, 9.17) is 4.98 Å². The number of aromatic nitrogens is 4. The molecule has 2 aromatic carbocycles. The minimum atomic E-state index is 0.0427. The predicted octanol–water partition coefficient (Wildman–Crippen LogP) is 4.13. The molecule has 1 N–H and O–H groups in total. The van der Waals surface area contributed by atoms with Crippen LogP contribution in [-0.4, -0.2) is 43.4 Å².